The zero-order chi connectivity index (χ0) is 23.8. The second-order valence-corrected chi connectivity index (χ2v) is 8.29. The van der Waals surface area contributed by atoms with Crippen molar-refractivity contribution in [3.63, 3.8) is 0 Å². The monoisotopic (exact) mass is 455 g/mol. The number of rotatable bonds is 4. The molecule has 0 saturated carbocycles. The minimum absolute atomic E-state index is 0.221. The van der Waals surface area contributed by atoms with Gasteiger partial charge in [-0.05, 0) is 41.3 Å². The van der Waals surface area contributed by atoms with Crippen molar-refractivity contribution in [2.24, 2.45) is 7.05 Å². The number of amides is 1. The highest BCUT2D eigenvalue weighted by Crippen LogP contribution is 2.41. The second-order valence-electron chi connectivity index (χ2n) is 8.29. The van der Waals surface area contributed by atoms with Gasteiger partial charge < -0.3 is 14.4 Å². The summed E-state index contributed by atoms with van der Waals surface area (Å²) in [5.41, 5.74) is 3.11. The highest BCUT2D eigenvalue weighted by molar-refractivity contribution is 6.05. The standard InChI is InChI=1S/C27H25N3O4/c1-29-26(31)20-12-8-7-11-19(20)24(28-29)27(32)30-14-13-18-15-22(33-2)23(34-3)16-21(18)25(30)17-9-5-4-6-10-17/h4-12,15-16,25H,13-14H2,1-3H3/t25-/m0/s1. The lowest BCUT2D eigenvalue weighted by Crippen LogP contribution is -2.41. The molecule has 0 unspecified atom stereocenters. The van der Waals surface area contributed by atoms with E-state index in [1.807, 2.05) is 53.4 Å². The Morgan fingerprint density at radius 3 is 2.29 bits per heavy atom. The Bertz CT molecular complexity index is 1450. The predicted molar refractivity (Wildman–Crippen MR) is 130 cm³/mol. The Labute approximate surface area is 197 Å². The minimum atomic E-state index is -0.338. The van der Waals surface area contributed by atoms with Crippen LogP contribution in [0.15, 0.2) is 71.5 Å². The number of hydrogen-bond donors (Lipinski definition) is 0. The molecule has 1 aliphatic heterocycles. The summed E-state index contributed by atoms with van der Waals surface area (Å²) in [6, 6.07) is 20.6. The molecule has 1 amide bonds. The lowest BCUT2D eigenvalue weighted by atomic mass is 9.87. The molecule has 7 nitrogen and oxygen atoms in total. The molecule has 5 rings (SSSR count). The van der Waals surface area contributed by atoms with Gasteiger partial charge in [0.15, 0.2) is 17.2 Å². The van der Waals surface area contributed by atoms with E-state index in [0.29, 0.717) is 35.2 Å². The summed E-state index contributed by atoms with van der Waals surface area (Å²) in [5, 5.41) is 5.42. The molecule has 0 bridgehead atoms. The Morgan fingerprint density at radius 2 is 1.59 bits per heavy atom. The van der Waals surface area contributed by atoms with Gasteiger partial charge in [-0.3, -0.25) is 9.59 Å². The highest BCUT2D eigenvalue weighted by Gasteiger charge is 2.35. The van der Waals surface area contributed by atoms with Crippen LogP contribution in [0.25, 0.3) is 10.8 Å². The van der Waals surface area contributed by atoms with Gasteiger partial charge in [0, 0.05) is 19.0 Å². The first-order chi connectivity index (χ1) is 16.5. The van der Waals surface area contributed by atoms with Crippen LogP contribution >= 0.6 is 0 Å². The Hall–Kier alpha value is -4.13. The third kappa shape index (κ3) is 3.50. The molecule has 0 aliphatic carbocycles. The summed E-state index contributed by atoms with van der Waals surface area (Å²) < 4.78 is 12.3. The molecular formula is C27H25N3O4. The molecule has 0 fully saturated rings. The molecule has 0 saturated heterocycles. The molecule has 1 atom stereocenters. The van der Waals surface area contributed by atoms with Crippen LogP contribution in [0.2, 0.25) is 0 Å². The number of hydrogen-bond acceptors (Lipinski definition) is 5. The summed E-state index contributed by atoms with van der Waals surface area (Å²) in [7, 11) is 4.80. The van der Waals surface area contributed by atoms with Crippen molar-refractivity contribution < 1.29 is 14.3 Å². The molecule has 7 heteroatoms. The normalized spacial score (nSPS) is 15.1. The molecular weight excluding hydrogens is 430 g/mol. The number of nitrogens with zero attached hydrogens (tertiary/aromatic N) is 3. The number of benzene rings is 3. The van der Waals surface area contributed by atoms with Crippen LogP contribution in [-0.2, 0) is 13.5 Å². The van der Waals surface area contributed by atoms with Crippen LogP contribution in [-0.4, -0.2) is 41.4 Å². The summed E-state index contributed by atoms with van der Waals surface area (Å²) in [4.78, 5) is 28.5. The topological polar surface area (TPSA) is 73.7 Å². The van der Waals surface area contributed by atoms with Gasteiger partial charge in [-0.1, -0.05) is 48.5 Å². The fourth-order valence-corrected chi connectivity index (χ4v) is 4.75. The number of ether oxygens (including phenoxy) is 2. The van der Waals surface area contributed by atoms with Crippen molar-refractivity contribution in [3.8, 4) is 11.5 Å². The van der Waals surface area contributed by atoms with E-state index in [0.717, 1.165) is 16.7 Å². The maximum atomic E-state index is 14.0. The van der Waals surface area contributed by atoms with Crippen molar-refractivity contribution in [1.29, 1.82) is 0 Å². The first kappa shape index (κ1) is 21.7. The van der Waals surface area contributed by atoms with E-state index in [-0.39, 0.29) is 23.2 Å². The maximum Gasteiger partial charge on any atom is 0.275 e. The van der Waals surface area contributed by atoms with E-state index in [4.69, 9.17) is 9.47 Å². The third-order valence-electron chi connectivity index (χ3n) is 6.41. The van der Waals surface area contributed by atoms with E-state index in [9.17, 15) is 9.59 Å². The average Bonchev–Trinajstić information content (AvgIpc) is 2.89. The molecule has 4 aromatic rings. The molecule has 172 valence electrons. The lowest BCUT2D eigenvalue weighted by Gasteiger charge is -2.38. The largest absolute Gasteiger partial charge is 0.493 e. The van der Waals surface area contributed by atoms with Gasteiger partial charge in [-0.25, -0.2) is 4.68 Å². The van der Waals surface area contributed by atoms with E-state index in [2.05, 4.69) is 5.10 Å². The molecule has 1 aliphatic rings. The van der Waals surface area contributed by atoms with Crippen molar-refractivity contribution in [2.45, 2.75) is 12.5 Å². The number of carbonyl (C=O) groups is 1. The molecule has 2 heterocycles. The summed E-state index contributed by atoms with van der Waals surface area (Å²) in [5.74, 6) is 1.06. The first-order valence-corrected chi connectivity index (χ1v) is 11.1. The zero-order valence-corrected chi connectivity index (χ0v) is 19.3. The minimum Gasteiger partial charge on any atom is -0.493 e. The fourth-order valence-electron chi connectivity index (χ4n) is 4.75. The Balaban J connectivity index is 1.69. The van der Waals surface area contributed by atoms with Crippen molar-refractivity contribution >= 4 is 16.7 Å². The summed E-state index contributed by atoms with van der Waals surface area (Å²) >= 11 is 0. The number of aromatic nitrogens is 2. The number of methoxy groups -OCH3 is 2. The van der Waals surface area contributed by atoms with E-state index >= 15 is 0 Å². The van der Waals surface area contributed by atoms with Gasteiger partial charge >= 0.3 is 0 Å². The number of aryl methyl sites for hydroxylation is 1. The second kappa shape index (κ2) is 8.67. The fraction of sp³-hybridized carbons (Fsp3) is 0.222. The molecule has 34 heavy (non-hydrogen) atoms. The first-order valence-electron chi connectivity index (χ1n) is 11.1. The third-order valence-corrected chi connectivity index (χ3v) is 6.41. The lowest BCUT2D eigenvalue weighted by molar-refractivity contribution is 0.0688. The average molecular weight is 456 g/mol. The van der Waals surface area contributed by atoms with Gasteiger partial charge in [-0.2, -0.15) is 5.10 Å². The predicted octanol–water partition coefficient (Wildman–Crippen LogP) is 3.74. The molecule has 0 radical (unpaired) electrons. The van der Waals surface area contributed by atoms with Crippen LogP contribution < -0.4 is 15.0 Å². The smallest absolute Gasteiger partial charge is 0.275 e. The van der Waals surface area contributed by atoms with Crippen LogP contribution in [0.5, 0.6) is 11.5 Å². The highest BCUT2D eigenvalue weighted by atomic mass is 16.5. The maximum absolute atomic E-state index is 14.0. The van der Waals surface area contributed by atoms with Crippen molar-refractivity contribution in [1.82, 2.24) is 14.7 Å². The Kier molecular flexibility index (Phi) is 5.53. The van der Waals surface area contributed by atoms with Gasteiger partial charge in [-0.15, -0.1) is 0 Å². The van der Waals surface area contributed by atoms with Gasteiger partial charge in [0.05, 0.1) is 25.6 Å². The molecule has 0 spiro atoms. The summed E-state index contributed by atoms with van der Waals surface area (Å²) in [6.45, 7) is 0.500. The zero-order valence-electron chi connectivity index (χ0n) is 19.3. The van der Waals surface area contributed by atoms with Gasteiger partial charge in [0.1, 0.15) is 0 Å². The van der Waals surface area contributed by atoms with E-state index in [1.165, 1.54) is 4.68 Å². The van der Waals surface area contributed by atoms with Crippen molar-refractivity contribution in [3.05, 3.63) is 99.5 Å². The van der Waals surface area contributed by atoms with Crippen LogP contribution in [0.4, 0.5) is 0 Å². The number of carbonyl (C=O) groups excluding carboxylic acids is 1. The quantitative estimate of drug-likeness (QED) is 0.469. The van der Waals surface area contributed by atoms with Gasteiger partial charge in [0.25, 0.3) is 11.5 Å². The van der Waals surface area contributed by atoms with Crippen molar-refractivity contribution in [2.75, 3.05) is 20.8 Å². The summed E-state index contributed by atoms with van der Waals surface area (Å²) in [6.07, 6.45) is 0.661. The molecule has 0 N–H and O–H groups in total. The van der Waals surface area contributed by atoms with E-state index < -0.39 is 0 Å². The van der Waals surface area contributed by atoms with Crippen LogP contribution in [0.1, 0.15) is 33.2 Å². The van der Waals surface area contributed by atoms with E-state index in [1.54, 1.807) is 39.5 Å². The molecule has 1 aromatic heterocycles. The van der Waals surface area contributed by atoms with Crippen LogP contribution in [0.3, 0.4) is 0 Å². The SMILES string of the molecule is COc1cc2c(cc1OC)[C@H](c1ccccc1)N(C(=O)c1nn(C)c(=O)c3ccccc13)CC2. The molecule has 3 aromatic carbocycles. The van der Waals surface area contributed by atoms with Gasteiger partial charge in [0.2, 0.25) is 0 Å². The van der Waals surface area contributed by atoms with Crippen LogP contribution in [0, 0.1) is 0 Å². The Morgan fingerprint density at radius 1 is 0.941 bits per heavy atom. The number of fused-ring (bicyclic) bond motifs is 2.